The maximum absolute atomic E-state index is 12.0. The summed E-state index contributed by atoms with van der Waals surface area (Å²) in [6.45, 7) is 8.22. The number of hydrogen-bond donors (Lipinski definition) is 2. The number of rotatable bonds is 10. The molecule has 1 fully saturated rings. The summed E-state index contributed by atoms with van der Waals surface area (Å²) < 4.78 is 11.1. The van der Waals surface area contributed by atoms with Crippen molar-refractivity contribution in [2.24, 2.45) is 5.92 Å². The zero-order valence-electron chi connectivity index (χ0n) is 18.6. The average molecular weight is 432 g/mol. The molecular formula is C22H33N5O4. The number of aromatic nitrogens is 3. The highest BCUT2D eigenvalue weighted by Crippen LogP contribution is 2.26. The van der Waals surface area contributed by atoms with Crippen LogP contribution < -0.4 is 15.0 Å². The van der Waals surface area contributed by atoms with Gasteiger partial charge in [0.1, 0.15) is 0 Å². The van der Waals surface area contributed by atoms with Gasteiger partial charge in [-0.2, -0.15) is 4.98 Å². The Labute approximate surface area is 183 Å². The molecule has 2 aromatic heterocycles. The number of anilines is 1. The molecule has 9 nitrogen and oxygen atoms in total. The van der Waals surface area contributed by atoms with Crippen LogP contribution >= 0.6 is 0 Å². The Morgan fingerprint density at radius 3 is 2.71 bits per heavy atom. The second-order valence-corrected chi connectivity index (χ2v) is 8.45. The minimum atomic E-state index is -0.292. The van der Waals surface area contributed by atoms with Gasteiger partial charge in [-0.15, -0.1) is 0 Å². The fourth-order valence-corrected chi connectivity index (χ4v) is 3.50. The summed E-state index contributed by atoms with van der Waals surface area (Å²) in [7, 11) is 0. The summed E-state index contributed by atoms with van der Waals surface area (Å²) in [5.41, 5.74) is 0.446. The van der Waals surface area contributed by atoms with E-state index in [-0.39, 0.29) is 24.5 Å². The van der Waals surface area contributed by atoms with Gasteiger partial charge in [0.15, 0.2) is 5.82 Å². The molecule has 0 radical (unpaired) electrons. The molecule has 3 heterocycles. The van der Waals surface area contributed by atoms with E-state index in [4.69, 9.17) is 14.4 Å². The van der Waals surface area contributed by atoms with Crippen molar-refractivity contribution in [2.75, 3.05) is 31.2 Å². The summed E-state index contributed by atoms with van der Waals surface area (Å²) in [4.78, 5) is 22.8. The number of nitrogens with one attached hydrogen (secondary N) is 1. The lowest BCUT2D eigenvalue weighted by molar-refractivity contribution is 0.0922. The zero-order valence-corrected chi connectivity index (χ0v) is 18.6. The van der Waals surface area contributed by atoms with E-state index in [1.807, 2.05) is 0 Å². The molecule has 0 aromatic carbocycles. The van der Waals surface area contributed by atoms with Crippen LogP contribution in [0.25, 0.3) is 0 Å². The van der Waals surface area contributed by atoms with Crippen LogP contribution in [0.15, 0.2) is 22.9 Å². The Hall–Kier alpha value is -2.68. The second kappa shape index (κ2) is 11.1. The molecule has 0 bridgehead atoms. The van der Waals surface area contributed by atoms with Gasteiger partial charge in [-0.1, -0.05) is 19.0 Å². The Bertz CT molecular complexity index is 816. The predicted molar refractivity (Wildman–Crippen MR) is 116 cm³/mol. The van der Waals surface area contributed by atoms with E-state index in [1.54, 1.807) is 19.1 Å². The lowest BCUT2D eigenvalue weighted by Gasteiger charge is -2.30. The molecular weight excluding hydrogens is 398 g/mol. The van der Waals surface area contributed by atoms with E-state index in [2.05, 4.69) is 39.2 Å². The van der Waals surface area contributed by atoms with E-state index in [1.165, 1.54) is 6.20 Å². The highest BCUT2D eigenvalue weighted by Gasteiger charge is 2.23. The molecule has 0 spiro atoms. The summed E-state index contributed by atoms with van der Waals surface area (Å²) in [5, 5.41) is 15.7. The van der Waals surface area contributed by atoms with E-state index in [9.17, 15) is 4.79 Å². The number of hydrogen-bond acceptors (Lipinski definition) is 8. The third-order valence-corrected chi connectivity index (χ3v) is 5.49. The lowest BCUT2D eigenvalue weighted by Crippen LogP contribution is -2.35. The fraction of sp³-hybridized carbons (Fsp3) is 0.636. The van der Waals surface area contributed by atoms with Gasteiger partial charge in [0.05, 0.1) is 18.8 Å². The maximum Gasteiger partial charge on any atom is 0.324 e. The molecule has 9 heteroatoms. The van der Waals surface area contributed by atoms with Crippen LogP contribution in [0.2, 0.25) is 0 Å². The van der Waals surface area contributed by atoms with Crippen molar-refractivity contribution >= 4 is 11.9 Å². The second-order valence-electron chi connectivity index (χ2n) is 8.45. The van der Waals surface area contributed by atoms with Crippen molar-refractivity contribution < 1.29 is 19.2 Å². The molecule has 2 aromatic rings. The van der Waals surface area contributed by atoms with Crippen molar-refractivity contribution in [3.05, 3.63) is 29.7 Å². The minimum Gasteiger partial charge on any atom is -0.478 e. The molecule has 2 N–H and O–H groups in total. The number of nitrogens with zero attached hydrogens (tertiary/aromatic N) is 4. The first-order chi connectivity index (χ1) is 15.0. The summed E-state index contributed by atoms with van der Waals surface area (Å²) in [5.74, 6) is 1.95. The largest absolute Gasteiger partial charge is 0.478 e. The van der Waals surface area contributed by atoms with Crippen LogP contribution in [0.3, 0.4) is 0 Å². The van der Waals surface area contributed by atoms with Gasteiger partial charge in [0.25, 0.3) is 5.91 Å². The van der Waals surface area contributed by atoms with Crippen LogP contribution in [0.4, 0.5) is 6.01 Å². The predicted octanol–water partition coefficient (Wildman–Crippen LogP) is 2.77. The Morgan fingerprint density at radius 2 is 2.10 bits per heavy atom. The van der Waals surface area contributed by atoms with E-state index >= 15 is 0 Å². The van der Waals surface area contributed by atoms with E-state index < -0.39 is 0 Å². The first-order valence-electron chi connectivity index (χ1n) is 11.1. The molecule has 1 aliphatic heterocycles. The van der Waals surface area contributed by atoms with Gasteiger partial charge in [0, 0.05) is 37.3 Å². The Balaban J connectivity index is 1.33. The molecule has 0 aliphatic carbocycles. The maximum atomic E-state index is 12.0. The zero-order chi connectivity index (χ0) is 22.2. The van der Waals surface area contributed by atoms with Crippen molar-refractivity contribution in [3.8, 4) is 5.88 Å². The van der Waals surface area contributed by atoms with Crippen LogP contribution in [0.1, 0.15) is 68.6 Å². The number of carbonyl (C=O) groups excluding carboxylic acids is 1. The summed E-state index contributed by atoms with van der Waals surface area (Å²) >= 11 is 0. The van der Waals surface area contributed by atoms with Crippen molar-refractivity contribution in [2.45, 2.75) is 58.4 Å². The molecule has 0 saturated carbocycles. The molecule has 1 aliphatic rings. The SMILES string of the molecule is CC(CO)NC(=O)c1ccc(OCCCC2CCN(c3nc(C(C)C)no3)CC2)nc1. The minimum absolute atomic E-state index is 0.102. The lowest BCUT2D eigenvalue weighted by atomic mass is 9.92. The number of piperidine rings is 1. The monoisotopic (exact) mass is 431 g/mol. The third-order valence-electron chi connectivity index (χ3n) is 5.49. The fourth-order valence-electron chi connectivity index (χ4n) is 3.50. The number of aliphatic hydroxyl groups excluding tert-OH is 1. The topological polar surface area (TPSA) is 114 Å². The first kappa shape index (κ1) is 23.0. The number of ether oxygens (including phenoxy) is 1. The van der Waals surface area contributed by atoms with Crippen molar-refractivity contribution in [1.82, 2.24) is 20.4 Å². The highest BCUT2D eigenvalue weighted by molar-refractivity contribution is 5.94. The number of aliphatic hydroxyl groups is 1. The normalized spacial score (nSPS) is 15.8. The standard InChI is InChI=1S/C22H33N5O4/c1-15(2)20-25-22(31-26-20)27-10-8-17(9-11-27)5-4-12-30-19-7-6-18(13-23-19)21(29)24-16(3)14-28/h6-7,13,15-17,28H,4-5,8-12,14H2,1-3H3,(H,24,29). The van der Waals surface area contributed by atoms with Gasteiger partial charge in [-0.3, -0.25) is 4.79 Å². The number of pyridine rings is 1. The molecule has 1 atom stereocenters. The Morgan fingerprint density at radius 1 is 1.32 bits per heavy atom. The number of carbonyl (C=O) groups is 1. The molecule has 1 unspecified atom stereocenters. The van der Waals surface area contributed by atoms with Gasteiger partial charge in [0.2, 0.25) is 5.88 Å². The van der Waals surface area contributed by atoms with E-state index in [0.29, 0.717) is 30.0 Å². The van der Waals surface area contributed by atoms with Gasteiger partial charge < -0.3 is 24.6 Å². The van der Waals surface area contributed by atoms with Gasteiger partial charge in [-0.05, 0) is 44.6 Å². The third kappa shape index (κ3) is 6.65. The van der Waals surface area contributed by atoms with Gasteiger partial charge in [-0.25, -0.2) is 4.98 Å². The van der Waals surface area contributed by atoms with Crippen molar-refractivity contribution in [3.63, 3.8) is 0 Å². The first-order valence-corrected chi connectivity index (χ1v) is 11.1. The average Bonchev–Trinajstić information content (AvgIpc) is 3.28. The smallest absolute Gasteiger partial charge is 0.324 e. The molecule has 3 rings (SSSR count). The summed E-state index contributed by atoms with van der Waals surface area (Å²) in [6.07, 6.45) is 5.77. The van der Waals surface area contributed by atoms with Crippen LogP contribution in [0.5, 0.6) is 5.88 Å². The van der Waals surface area contributed by atoms with E-state index in [0.717, 1.165) is 44.6 Å². The number of amides is 1. The molecule has 31 heavy (non-hydrogen) atoms. The molecule has 1 amide bonds. The quantitative estimate of drug-likeness (QED) is 0.552. The van der Waals surface area contributed by atoms with Crippen LogP contribution in [-0.4, -0.2) is 58.5 Å². The Kier molecular flexibility index (Phi) is 8.22. The molecule has 170 valence electrons. The molecule has 1 saturated heterocycles. The summed E-state index contributed by atoms with van der Waals surface area (Å²) in [6, 6.07) is 3.73. The highest BCUT2D eigenvalue weighted by atomic mass is 16.5. The van der Waals surface area contributed by atoms with Crippen molar-refractivity contribution in [1.29, 1.82) is 0 Å². The van der Waals surface area contributed by atoms with Crippen LogP contribution in [-0.2, 0) is 0 Å². The van der Waals surface area contributed by atoms with Crippen LogP contribution in [0, 0.1) is 5.92 Å². The van der Waals surface area contributed by atoms with Gasteiger partial charge >= 0.3 is 6.01 Å².